The van der Waals surface area contributed by atoms with E-state index in [2.05, 4.69) is 9.97 Å². The number of rotatable bonds is 2. The minimum Gasteiger partial charge on any atom is -0.444 e. The highest BCUT2D eigenvalue weighted by molar-refractivity contribution is 5.71. The van der Waals surface area contributed by atoms with Crippen LogP contribution in [0, 0.1) is 10.8 Å². The van der Waals surface area contributed by atoms with Gasteiger partial charge in [-0.2, -0.15) is 0 Å². The molecule has 0 aromatic carbocycles. The Morgan fingerprint density at radius 3 is 1.50 bits per heavy atom. The summed E-state index contributed by atoms with van der Waals surface area (Å²) in [6, 6.07) is 0. The van der Waals surface area contributed by atoms with Crippen LogP contribution in [0.2, 0.25) is 0 Å². The molecule has 8 nitrogen and oxygen atoms in total. The van der Waals surface area contributed by atoms with Crippen molar-refractivity contribution >= 4 is 12.2 Å². The second-order valence-corrected chi connectivity index (χ2v) is 7.11. The van der Waals surface area contributed by atoms with E-state index < -0.39 is 35.2 Å². The van der Waals surface area contributed by atoms with E-state index in [1.807, 2.05) is 27.7 Å². The maximum absolute atomic E-state index is 12.2. The first-order chi connectivity index (χ1) is 11.2. The molecule has 0 spiro atoms. The zero-order valence-corrected chi connectivity index (χ0v) is 14.0. The summed E-state index contributed by atoms with van der Waals surface area (Å²) in [5.41, 5.74) is -1.04. The smallest absolute Gasteiger partial charge is 0.419 e. The Kier molecular flexibility index (Phi) is 3.70. The Morgan fingerprint density at radius 1 is 0.833 bits per heavy atom. The van der Waals surface area contributed by atoms with E-state index >= 15 is 0 Å². The van der Waals surface area contributed by atoms with Crippen LogP contribution in [0.1, 0.15) is 27.7 Å². The molecule has 0 radical (unpaired) electrons. The number of carbonyl (C=O) groups is 2. The van der Waals surface area contributed by atoms with Crippen LogP contribution in [0.5, 0.6) is 0 Å². The summed E-state index contributed by atoms with van der Waals surface area (Å²) in [6.45, 7) is 7.65. The Morgan fingerprint density at radius 2 is 1.21 bits per heavy atom. The van der Waals surface area contributed by atoms with Gasteiger partial charge in [0.15, 0.2) is 0 Å². The van der Waals surface area contributed by atoms with Crippen LogP contribution >= 0.6 is 0 Å². The maximum Gasteiger partial charge on any atom is 0.419 e. The van der Waals surface area contributed by atoms with Gasteiger partial charge in [0.2, 0.25) is 0 Å². The van der Waals surface area contributed by atoms with Gasteiger partial charge in [-0.1, -0.05) is 27.7 Å². The van der Waals surface area contributed by atoms with Crippen molar-refractivity contribution < 1.29 is 19.1 Å². The van der Waals surface area contributed by atoms with Crippen LogP contribution in [0.25, 0.3) is 0 Å². The van der Waals surface area contributed by atoms with Crippen LogP contribution in [0.15, 0.2) is 37.4 Å². The van der Waals surface area contributed by atoms with Crippen LogP contribution < -0.4 is 0 Å². The van der Waals surface area contributed by atoms with Crippen molar-refractivity contribution in [2.45, 2.75) is 39.9 Å². The number of carbonyl (C=O) groups excluding carboxylic acids is 2. The minimum absolute atomic E-state index is 0.402. The topological polar surface area (TPSA) is 88.2 Å². The molecule has 0 amide bonds. The Hall–Kier alpha value is -2.64. The number of nitrogens with zero attached hydrogens (tertiary/aromatic N) is 4. The fourth-order valence-electron chi connectivity index (χ4n) is 3.76. The van der Waals surface area contributed by atoms with Crippen molar-refractivity contribution in [1.82, 2.24) is 19.1 Å². The number of imidazole rings is 2. The van der Waals surface area contributed by atoms with Crippen LogP contribution in [-0.4, -0.2) is 43.5 Å². The maximum atomic E-state index is 12.2. The molecule has 0 saturated heterocycles. The monoisotopic (exact) mass is 332 g/mol. The Balaban J connectivity index is 1.72. The first-order valence-corrected chi connectivity index (χ1v) is 7.62. The predicted molar refractivity (Wildman–Crippen MR) is 83.4 cm³/mol. The van der Waals surface area contributed by atoms with E-state index in [1.54, 1.807) is 0 Å². The number of ether oxygens (including phenoxy) is 2. The van der Waals surface area contributed by atoms with Crippen molar-refractivity contribution in [3.05, 3.63) is 37.4 Å². The molecule has 0 N–H and O–H groups in total. The lowest BCUT2D eigenvalue weighted by Crippen LogP contribution is -2.70. The molecule has 0 aliphatic heterocycles. The van der Waals surface area contributed by atoms with Gasteiger partial charge in [-0.3, -0.25) is 0 Å². The van der Waals surface area contributed by atoms with Crippen molar-refractivity contribution in [1.29, 1.82) is 0 Å². The lowest BCUT2D eigenvalue weighted by Gasteiger charge is -2.60. The van der Waals surface area contributed by atoms with Gasteiger partial charge in [0.25, 0.3) is 0 Å². The third-order valence-electron chi connectivity index (χ3n) is 4.57. The van der Waals surface area contributed by atoms with Gasteiger partial charge in [0.05, 0.1) is 0 Å². The molecule has 1 aliphatic rings. The molecular formula is C16H20N4O4. The normalized spacial score (nSPS) is 24.0. The van der Waals surface area contributed by atoms with Gasteiger partial charge >= 0.3 is 12.2 Å². The molecule has 1 saturated carbocycles. The summed E-state index contributed by atoms with van der Waals surface area (Å²) in [5.74, 6) is 0. The fraction of sp³-hybridized carbons (Fsp3) is 0.500. The summed E-state index contributed by atoms with van der Waals surface area (Å²) in [6.07, 6.45) is 7.03. The van der Waals surface area contributed by atoms with Gasteiger partial charge in [-0.15, -0.1) is 0 Å². The first kappa shape index (κ1) is 16.2. The molecule has 24 heavy (non-hydrogen) atoms. The molecule has 8 heteroatoms. The van der Waals surface area contributed by atoms with Crippen LogP contribution in [0.3, 0.4) is 0 Å². The zero-order chi connectivity index (χ0) is 17.5. The number of hydrogen-bond donors (Lipinski definition) is 0. The van der Waals surface area contributed by atoms with E-state index in [1.165, 1.54) is 46.6 Å². The Bertz CT molecular complexity index is 658. The molecule has 1 fully saturated rings. The van der Waals surface area contributed by atoms with Gasteiger partial charge in [0.1, 0.15) is 24.9 Å². The molecule has 2 aromatic rings. The van der Waals surface area contributed by atoms with E-state index in [0.717, 1.165) is 0 Å². The summed E-state index contributed by atoms with van der Waals surface area (Å²) in [7, 11) is 0. The van der Waals surface area contributed by atoms with Crippen molar-refractivity contribution in [3.63, 3.8) is 0 Å². The molecule has 128 valence electrons. The van der Waals surface area contributed by atoms with Gasteiger partial charge in [-0.25, -0.2) is 28.7 Å². The Labute approximate surface area is 139 Å². The van der Waals surface area contributed by atoms with Crippen LogP contribution in [-0.2, 0) is 9.47 Å². The number of hydrogen-bond acceptors (Lipinski definition) is 6. The molecule has 1 aliphatic carbocycles. The summed E-state index contributed by atoms with van der Waals surface area (Å²) < 4.78 is 13.8. The molecule has 0 atom stereocenters. The molecule has 3 rings (SSSR count). The van der Waals surface area contributed by atoms with Gasteiger partial charge < -0.3 is 9.47 Å². The largest absolute Gasteiger partial charge is 0.444 e. The predicted octanol–water partition coefficient (Wildman–Crippen LogP) is 2.55. The van der Waals surface area contributed by atoms with Crippen molar-refractivity contribution in [2.75, 3.05) is 0 Å². The third kappa shape index (κ3) is 2.47. The van der Waals surface area contributed by atoms with E-state index in [0.29, 0.717) is 0 Å². The second-order valence-electron chi connectivity index (χ2n) is 7.11. The SMILES string of the molecule is CC1(C)C(OC(=O)n2ccnc2)C(C)(C)C1OC(=O)n1ccnc1. The second kappa shape index (κ2) is 5.47. The van der Waals surface area contributed by atoms with Crippen molar-refractivity contribution in [3.8, 4) is 0 Å². The average molecular weight is 332 g/mol. The molecule has 0 bridgehead atoms. The number of aromatic nitrogens is 4. The highest BCUT2D eigenvalue weighted by atomic mass is 16.6. The quantitative estimate of drug-likeness (QED) is 0.840. The van der Waals surface area contributed by atoms with Crippen LogP contribution in [0.4, 0.5) is 9.59 Å². The average Bonchev–Trinajstić information content (AvgIpc) is 3.21. The summed E-state index contributed by atoms with van der Waals surface area (Å²) >= 11 is 0. The first-order valence-electron chi connectivity index (χ1n) is 7.62. The lowest BCUT2D eigenvalue weighted by molar-refractivity contribution is -0.244. The molecule has 2 heterocycles. The van der Waals surface area contributed by atoms with Gasteiger partial charge in [-0.05, 0) is 0 Å². The van der Waals surface area contributed by atoms with Crippen molar-refractivity contribution in [2.24, 2.45) is 10.8 Å². The molecular weight excluding hydrogens is 312 g/mol. The zero-order valence-electron chi connectivity index (χ0n) is 14.0. The highest BCUT2D eigenvalue weighted by Gasteiger charge is 2.66. The molecule has 0 unspecified atom stereocenters. The highest BCUT2D eigenvalue weighted by Crippen LogP contribution is 2.57. The van der Waals surface area contributed by atoms with E-state index in [4.69, 9.17) is 9.47 Å². The lowest BCUT2D eigenvalue weighted by atomic mass is 9.51. The summed E-state index contributed by atoms with van der Waals surface area (Å²) in [5, 5.41) is 0. The molecule has 2 aromatic heterocycles. The minimum atomic E-state index is -0.518. The fourth-order valence-corrected chi connectivity index (χ4v) is 3.76. The summed E-state index contributed by atoms with van der Waals surface area (Å²) in [4.78, 5) is 32.0. The van der Waals surface area contributed by atoms with Gasteiger partial charge in [0, 0.05) is 35.6 Å². The van der Waals surface area contributed by atoms with E-state index in [9.17, 15) is 9.59 Å². The third-order valence-corrected chi connectivity index (χ3v) is 4.57. The van der Waals surface area contributed by atoms with E-state index in [-0.39, 0.29) is 0 Å². The standard InChI is InChI=1S/C16H20N4O4/c1-15(2)11(23-13(21)19-7-5-17-9-19)16(3,4)12(15)24-14(22)20-8-6-18-10-20/h5-12H,1-4H3.